The van der Waals surface area contributed by atoms with Gasteiger partial charge in [-0.2, -0.15) is 8.42 Å². The summed E-state index contributed by atoms with van der Waals surface area (Å²) >= 11 is 0. The number of hydrogen-bond donors (Lipinski definition) is 0. The van der Waals surface area contributed by atoms with Crippen molar-refractivity contribution in [1.29, 1.82) is 0 Å². The smallest absolute Gasteiger partial charge is 0.287 e. The van der Waals surface area contributed by atoms with E-state index in [0.717, 1.165) is 16.7 Å². The van der Waals surface area contributed by atoms with Crippen molar-refractivity contribution in [3.63, 3.8) is 0 Å². The van der Waals surface area contributed by atoms with Gasteiger partial charge in [0, 0.05) is 0 Å². The minimum atomic E-state index is -3.65. The van der Waals surface area contributed by atoms with E-state index in [1.165, 1.54) is 0 Å². The molecule has 0 unspecified atom stereocenters. The quantitative estimate of drug-likeness (QED) is 0.717. The normalized spacial score (nSPS) is 11.7. The molecule has 0 atom stereocenters. The third-order valence-electron chi connectivity index (χ3n) is 2.39. The molecule has 3 nitrogen and oxygen atoms in total. The van der Waals surface area contributed by atoms with Gasteiger partial charge in [-0.1, -0.05) is 6.07 Å². The molecule has 0 aliphatic heterocycles. The Labute approximate surface area is 87.8 Å². The Morgan fingerprint density at radius 2 is 1.71 bits per heavy atom. The molecule has 0 bridgehead atoms. The van der Waals surface area contributed by atoms with E-state index in [4.69, 9.17) is 0 Å². The third-order valence-corrected chi connectivity index (χ3v) is 4.25. The molecule has 0 saturated heterocycles. The Morgan fingerprint density at radius 1 is 1.14 bits per heavy atom. The van der Waals surface area contributed by atoms with Gasteiger partial charge in [-0.05, 0) is 43.5 Å². The molecule has 0 aliphatic rings. The fourth-order valence-electron chi connectivity index (χ4n) is 1.25. The molecule has 0 N–H and O–H groups in total. The van der Waals surface area contributed by atoms with Gasteiger partial charge in [0.25, 0.3) is 20.6 Å². The van der Waals surface area contributed by atoms with Crippen molar-refractivity contribution in [1.82, 2.24) is 0 Å². The molecular weight excluding hydrogens is 216 g/mol. The van der Waals surface area contributed by atoms with Crippen molar-refractivity contribution in [2.24, 2.45) is 0 Å². The van der Waals surface area contributed by atoms with E-state index in [1.54, 1.807) is 19.1 Å². The topological polar surface area (TPSA) is 43.4 Å². The molecule has 14 heavy (non-hydrogen) atoms. The van der Waals surface area contributed by atoms with Gasteiger partial charge in [0.05, 0.1) is 4.90 Å². The van der Waals surface area contributed by atoms with Crippen LogP contribution in [0.15, 0.2) is 17.0 Å². The molecule has 1 rings (SSSR count). The van der Waals surface area contributed by atoms with Crippen molar-refractivity contribution in [2.45, 2.75) is 25.7 Å². The highest BCUT2D eigenvalue weighted by Crippen LogP contribution is 2.22. The summed E-state index contributed by atoms with van der Waals surface area (Å²) in [6.45, 7) is 5.59. The predicted octanol–water partition coefficient (Wildman–Crippen LogP) is 1.40. The van der Waals surface area contributed by atoms with Crippen LogP contribution in [-0.4, -0.2) is 18.9 Å². The van der Waals surface area contributed by atoms with Gasteiger partial charge in [-0.15, -0.1) is 0 Å². The van der Waals surface area contributed by atoms with Crippen LogP contribution < -0.4 is 0 Å². The molecule has 0 heterocycles. The second-order valence-corrected chi connectivity index (χ2v) is 5.18. The number of aryl methyl sites for hydroxylation is 1. The van der Waals surface area contributed by atoms with Crippen LogP contribution in [0, 0.1) is 20.8 Å². The van der Waals surface area contributed by atoms with Gasteiger partial charge in [0.15, 0.2) is 0 Å². The van der Waals surface area contributed by atoms with Crippen molar-refractivity contribution in [3.05, 3.63) is 28.8 Å². The highest BCUT2D eigenvalue weighted by molar-refractivity contribution is 7.87. The summed E-state index contributed by atoms with van der Waals surface area (Å²) in [5.74, 6) is 0. The Kier molecular flexibility index (Phi) is 3.13. The lowest BCUT2D eigenvalue weighted by Crippen LogP contribution is -2.07. The summed E-state index contributed by atoms with van der Waals surface area (Å²) in [6, 6.07) is 3.31. The van der Waals surface area contributed by atoms with Crippen molar-refractivity contribution < 1.29 is 12.3 Å². The lowest BCUT2D eigenvalue weighted by Gasteiger charge is -2.10. The predicted molar refractivity (Wildman–Crippen MR) is 54.7 cm³/mol. The molecular formula is C9H11O3SSi. The van der Waals surface area contributed by atoms with Crippen molar-refractivity contribution in [2.75, 3.05) is 0 Å². The van der Waals surface area contributed by atoms with Crippen LogP contribution in [0.2, 0.25) is 0 Å². The molecule has 1 aromatic carbocycles. The summed E-state index contributed by atoms with van der Waals surface area (Å²) < 4.78 is 27.1. The molecule has 0 aliphatic carbocycles. The Balaban J connectivity index is 3.47. The van der Waals surface area contributed by atoms with E-state index in [0.29, 0.717) is 0 Å². The Morgan fingerprint density at radius 3 is 2.21 bits per heavy atom. The van der Waals surface area contributed by atoms with Gasteiger partial charge < -0.3 is 3.87 Å². The van der Waals surface area contributed by atoms with Crippen LogP contribution in [0.3, 0.4) is 0 Å². The van der Waals surface area contributed by atoms with Gasteiger partial charge in [0.1, 0.15) is 0 Å². The molecule has 0 spiro atoms. The second-order valence-electron chi connectivity index (χ2n) is 3.17. The number of benzene rings is 1. The first kappa shape index (κ1) is 11.4. The molecule has 0 aromatic heterocycles. The van der Waals surface area contributed by atoms with E-state index in [1.807, 2.05) is 13.8 Å². The Hall–Kier alpha value is -0.653. The van der Waals surface area contributed by atoms with Crippen LogP contribution in [0.1, 0.15) is 16.7 Å². The maximum Gasteiger partial charge on any atom is 0.287 e. The zero-order valence-electron chi connectivity index (χ0n) is 8.29. The van der Waals surface area contributed by atoms with Crippen LogP contribution in [0.25, 0.3) is 0 Å². The standard InChI is InChI=1S/C9H11O3SSi/c1-6-4-5-9(8(3)7(6)2)13(10,11)12-14/h4-5H,1-3H3. The van der Waals surface area contributed by atoms with Gasteiger partial charge >= 0.3 is 0 Å². The largest absolute Gasteiger partial charge is 0.314 e. The summed E-state index contributed by atoms with van der Waals surface area (Å²) in [4.78, 5) is 0.204. The number of hydrogen-bond acceptors (Lipinski definition) is 3. The summed E-state index contributed by atoms with van der Waals surface area (Å²) in [5, 5.41) is 0. The van der Waals surface area contributed by atoms with Crippen molar-refractivity contribution >= 4 is 20.6 Å². The lowest BCUT2D eigenvalue weighted by atomic mass is 10.1. The highest BCUT2D eigenvalue weighted by Gasteiger charge is 2.17. The lowest BCUT2D eigenvalue weighted by molar-refractivity contribution is 0.507. The first-order valence-electron chi connectivity index (χ1n) is 4.07. The van der Waals surface area contributed by atoms with Gasteiger partial charge in [-0.25, -0.2) is 0 Å². The highest BCUT2D eigenvalue weighted by atomic mass is 32.2. The fraction of sp³-hybridized carbons (Fsp3) is 0.333. The average molecular weight is 227 g/mol. The molecule has 1 aromatic rings. The van der Waals surface area contributed by atoms with E-state index in [2.05, 4.69) is 14.4 Å². The van der Waals surface area contributed by atoms with Gasteiger partial charge in [0.2, 0.25) is 0 Å². The van der Waals surface area contributed by atoms with Crippen LogP contribution in [0.5, 0.6) is 0 Å². The summed E-state index contributed by atoms with van der Waals surface area (Å²) in [6.07, 6.45) is 0. The van der Waals surface area contributed by atoms with E-state index < -0.39 is 10.1 Å². The van der Waals surface area contributed by atoms with E-state index in [-0.39, 0.29) is 4.90 Å². The first-order valence-corrected chi connectivity index (χ1v) is 5.89. The van der Waals surface area contributed by atoms with E-state index >= 15 is 0 Å². The molecule has 0 saturated carbocycles. The fourth-order valence-corrected chi connectivity index (χ4v) is 2.37. The van der Waals surface area contributed by atoms with Crippen LogP contribution >= 0.6 is 0 Å². The average Bonchev–Trinajstić information content (AvgIpc) is 2.14. The molecule has 0 amide bonds. The van der Waals surface area contributed by atoms with Crippen LogP contribution in [0.4, 0.5) is 0 Å². The molecule has 75 valence electrons. The van der Waals surface area contributed by atoms with Crippen LogP contribution in [-0.2, 0) is 14.0 Å². The Bertz CT molecular complexity index is 451. The summed E-state index contributed by atoms with van der Waals surface area (Å²) in [7, 11) is -1.11. The number of rotatable bonds is 2. The monoisotopic (exact) mass is 227 g/mol. The minimum Gasteiger partial charge on any atom is -0.314 e. The minimum absolute atomic E-state index is 0.204. The SMILES string of the molecule is Cc1ccc(S(=O)(=O)O[Si])c(C)c1C. The van der Waals surface area contributed by atoms with Crippen molar-refractivity contribution in [3.8, 4) is 0 Å². The zero-order valence-corrected chi connectivity index (χ0v) is 10.1. The molecule has 5 heteroatoms. The third kappa shape index (κ3) is 1.89. The van der Waals surface area contributed by atoms with E-state index in [9.17, 15) is 8.42 Å². The molecule has 3 radical (unpaired) electrons. The molecule has 0 fully saturated rings. The van der Waals surface area contributed by atoms with Gasteiger partial charge in [-0.3, -0.25) is 0 Å². The summed E-state index contributed by atoms with van der Waals surface area (Å²) in [5.41, 5.74) is 2.76. The zero-order chi connectivity index (χ0) is 10.9. The maximum atomic E-state index is 11.4. The maximum absolute atomic E-state index is 11.4. The first-order chi connectivity index (χ1) is 6.40. The second kappa shape index (κ2) is 3.84.